The molecule has 0 unspecified atom stereocenters. The van der Waals surface area contributed by atoms with E-state index in [0.717, 1.165) is 11.1 Å². The van der Waals surface area contributed by atoms with E-state index < -0.39 is 0 Å². The number of alkyl halides is 1. The van der Waals surface area contributed by atoms with Crippen molar-refractivity contribution in [3.05, 3.63) is 77.1 Å². The van der Waals surface area contributed by atoms with Crippen LogP contribution in [0.3, 0.4) is 0 Å². The summed E-state index contributed by atoms with van der Waals surface area (Å²) in [5.41, 5.74) is 1.90. The van der Waals surface area contributed by atoms with Crippen molar-refractivity contribution in [2.24, 2.45) is 0 Å². The zero-order valence-electron chi connectivity index (χ0n) is 16.5. The number of halogens is 2. The Kier molecular flexibility index (Phi) is 7.97. The highest BCUT2D eigenvalue weighted by Gasteiger charge is 2.11. The monoisotopic (exact) mass is 533 g/mol. The molecule has 0 aliphatic rings. The number of anilines is 3. The number of aromatic amines is 1. The summed E-state index contributed by atoms with van der Waals surface area (Å²) < 4.78 is 0. The molecule has 2 heterocycles. The van der Waals surface area contributed by atoms with Crippen molar-refractivity contribution in [1.29, 1.82) is 0 Å². The second-order valence-corrected chi connectivity index (χ2v) is 6.56. The predicted molar refractivity (Wildman–Crippen MR) is 131 cm³/mol. The quantitative estimate of drug-likeness (QED) is 0.220. The standard InChI is InChI=1S/C20H18ClN7.CH3I/c1-13-23-20(28-27-13)26-18-11-17(22-12-14-7-3-2-4-8-14)24-19(25-18)15-9-5-6-10-16(15)21;1-2/h2-11H,12H2,1H3,(H3,22,23,24,25,26,27,28);1H3. The van der Waals surface area contributed by atoms with Crippen LogP contribution in [0, 0.1) is 6.92 Å². The lowest BCUT2D eigenvalue weighted by atomic mass is 10.2. The van der Waals surface area contributed by atoms with Crippen molar-refractivity contribution < 1.29 is 0 Å². The van der Waals surface area contributed by atoms with E-state index in [0.29, 0.717) is 40.8 Å². The van der Waals surface area contributed by atoms with Crippen molar-refractivity contribution in [1.82, 2.24) is 25.1 Å². The summed E-state index contributed by atoms with van der Waals surface area (Å²) in [6, 6.07) is 19.4. The van der Waals surface area contributed by atoms with Gasteiger partial charge in [0.05, 0.1) is 5.02 Å². The minimum atomic E-state index is 0.440. The predicted octanol–water partition coefficient (Wildman–Crippen LogP) is 5.63. The van der Waals surface area contributed by atoms with Gasteiger partial charge in [-0.25, -0.2) is 9.97 Å². The van der Waals surface area contributed by atoms with Crippen LogP contribution in [-0.2, 0) is 6.54 Å². The van der Waals surface area contributed by atoms with Gasteiger partial charge in [-0.2, -0.15) is 4.98 Å². The number of H-pyrrole nitrogens is 1. The van der Waals surface area contributed by atoms with Crippen LogP contribution in [0.5, 0.6) is 0 Å². The van der Waals surface area contributed by atoms with Gasteiger partial charge in [0.2, 0.25) is 5.95 Å². The van der Waals surface area contributed by atoms with Gasteiger partial charge in [0, 0.05) is 18.2 Å². The number of aromatic nitrogens is 5. The van der Waals surface area contributed by atoms with Gasteiger partial charge < -0.3 is 10.6 Å². The van der Waals surface area contributed by atoms with Crippen LogP contribution in [0.2, 0.25) is 5.02 Å². The molecule has 4 aromatic rings. The molecule has 0 saturated heterocycles. The number of hydrogen-bond donors (Lipinski definition) is 3. The van der Waals surface area contributed by atoms with Crippen molar-refractivity contribution in [2.45, 2.75) is 13.5 Å². The average molecular weight is 534 g/mol. The Balaban J connectivity index is 0.00000124. The minimum Gasteiger partial charge on any atom is -0.366 e. The zero-order chi connectivity index (χ0) is 21.3. The average Bonchev–Trinajstić information content (AvgIpc) is 3.19. The number of nitrogens with one attached hydrogen (secondary N) is 3. The summed E-state index contributed by atoms with van der Waals surface area (Å²) in [5.74, 6) is 2.90. The Labute approximate surface area is 193 Å². The lowest BCUT2D eigenvalue weighted by Gasteiger charge is -2.11. The maximum absolute atomic E-state index is 6.35. The second-order valence-electron chi connectivity index (χ2n) is 6.15. The smallest absolute Gasteiger partial charge is 0.247 e. The third-order valence-corrected chi connectivity index (χ3v) is 4.32. The van der Waals surface area contributed by atoms with Gasteiger partial charge >= 0.3 is 0 Å². The van der Waals surface area contributed by atoms with E-state index in [1.54, 1.807) is 0 Å². The molecule has 0 fully saturated rings. The first kappa shape index (κ1) is 22.0. The first-order chi connectivity index (χ1) is 14.7. The molecule has 154 valence electrons. The van der Waals surface area contributed by atoms with Crippen LogP contribution in [-0.4, -0.2) is 30.1 Å². The number of benzene rings is 2. The van der Waals surface area contributed by atoms with Crippen molar-refractivity contribution in [3.8, 4) is 11.4 Å². The van der Waals surface area contributed by atoms with Gasteiger partial charge in [-0.1, -0.05) is 76.7 Å². The molecule has 0 atom stereocenters. The lowest BCUT2D eigenvalue weighted by Crippen LogP contribution is -2.05. The van der Waals surface area contributed by atoms with Crippen molar-refractivity contribution >= 4 is 51.8 Å². The Hall–Kier alpha value is -2.72. The first-order valence-electron chi connectivity index (χ1n) is 9.13. The molecule has 0 radical (unpaired) electrons. The summed E-state index contributed by atoms with van der Waals surface area (Å²) in [4.78, 5) is 15.4. The largest absolute Gasteiger partial charge is 0.366 e. The topological polar surface area (TPSA) is 91.4 Å². The van der Waals surface area contributed by atoms with E-state index in [1.807, 2.05) is 60.4 Å². The third-order valence-electron chi connectivity index (χ3n) is 3.99. The van der Waals surface area contributed by atoms with Gasteiger partial charge in [-0.05, 0) is 29.6 Å². The van der Waals surface area contributed by atoms with Crippen molar-refractivity contribution in [2.75, 3.05) is 15.6 Å². The molecule has 2 aromatic carbocycles. The fourth-order valence-corrected chi connectivity index (χ4v) is 2.89. The van der Waals surface area contributed by atoms with E-state index in [9.17, 15) is 0 Å². The summed E-state index contributed by atoms with van der Waals surface area (Å²) in [6.07, 6.45) is 0. The Morgan fingerprint density at radius 3 is 2.33 bits per heavy atom. The molecule has 2 aromatic heterocycles. The Bertz CT molecular complexity index is 1090. The summed E-state index contributed by atoms with van der Waals surface area (Å²) in [7, 11) is 0. The van der Waals surface area contributed by atoms with E-state index in [4.69, 9.17) is 11.6 Å². The van der Waals surface area contributed by atoms with Gasteiger partial charge in [0.15, 0.2) is 5.82 Å². The van der Waals surface area contributed by atoms with E-state index in [2.05, 4.69) is 70.5 Å². The molecule has 0 aliphatic carbocycles. The Morgan fingerprint density at radius 1 is 0.933 bits per heavy atom. The highest BCUT2D eigenvalue weighted by molar-refractivity contribution is 14.1. The van der Waals surface area contributed by atoms with E-state index in [1.165, 1.54) is 0 Å². The molecule has 7 nitrogen and oxygen atoms in total. The van der Waals surface area contributed by atoms with Crippen LogP contribution < -0.4 is 10.6 Å². The number of hydrogen-bond acceptors (Lipinski definition) is 6. The summed E-state index contributed by atoms with van der Waals surface area (Å²) in [6.45, 7) is 2.47. The second kappa shape index (κ2) is 10.9. The zero-order valence-corrected chi connectivity index (χ0v) is 19.4. The van der Waals surface area contributed by atoms with Crippen LogP contribution in [0.25, 0.3) is 11.4 Å². The Morgan fingerprint density at radius 2 is 1.63 bits per heavy atom. The van der Waals surface area contributed by atoms with Crippen LogP contribution in [0.15, 0.2) is 60.7 Å². The highest BCUT2D eigenvalue weighted by atomic mass is 127. The number of rotatable bonds is 6. The SMILES string of the molecule is CI.Cc1nc(Nc2cc(NCc3ccccc3)nc(-c3ccccc3Cl)n2)n[nH]1. The fraction of sp³-hybridized carbons (Fsp3) is 0.143. The fourth-order valence-electron chi connectivity index (χ4n) is 2.67. The van der Waals surface area contributed by atoms with Crippen LogP contribution >= 0.6 is 34.2 Å². The first-order valence-corrected chi connectivity index (χ1v) is 11.7. The summed E-state index contributed by atoms with van der Waals surface area (Å²) >= 11 is 8.50. The molecule has 0 amide bonds. The van der Waals surface area contributed by atoms with Crippen LogP contribution in [0.1, 0.15) is 11.4 Å². The minimum absolute atomic E-state index is 0.440. The van der Waals surface area contributed by atoms with Crippen LogP contribution in [0.4, 0.5) is 17.6 Å². The van der Waals surface area contributed by atoms with Crippen molar-refractivity contribution in [3.63, 3.8) is 0 Å². The maximum atomic E-state index is 6.35. The normalized spacial score (nSPS) is 10.1. The molecular formula is C21H21ClIN7. The van der Waals surface area contributed by atoms with E-state index in [-0.39, 0.29) is 0 Å². The van der Waals surface area contributed by atoms with Gasteiger partial charge in [-0.3, -0.25) is 5.10 Å². The summed E-state index contributed by atoms with van der Waals surface area (Å²) in [5, 5.41) is 13.9. The molecule has 30 heavy (non-hydrogen) atoms. The molecule has 0 aliphatic heterocycles. The lowest BCUT2D eigenvalue weighted by molar-refractivity contribution is 1.04. The number of aryl methyl sites for hydroxylation is 1. The highest BCUT2D eigenvalue weighted by Crippen LogP contribution is 2.27. The van der Waals surface area contributed by atoms with Gasteiger partial charge in [0.1, 0.15) is 17.5 Å². The molecule has 0 spiro atoms. The molecule has 3 N–H and O–H groups in total. The maximum Gasteiger partial charge on any atom is 0.247 e. The molecule has 0 bridgehead atoms. The van der Waals surface area contributed by atoms with Gasteiger partial charge in [-0.15, -0.1) is 5.10 Å². The van der Waals surface area contributed by atoms with E-state index >= 15 is 0 Å². The number of nitrogens with zero attached hydrogens (tertiary/aromatic N) is 4. The molecule has 0 saturated carbocycles. The molecular weight excluding hydrogens is 513 g/mol. The molecule has 4 rings (SSSR count). The molecule has 9 heteroatoms. The third kappa shape index (κ3) is 5.90. The van der Waals surface area contributed by atoms with Gasteiger partial charge in [0.25, 0.3) is 0 Å².